The number of aliphatic hydroxyl groups is 1. The van der Waals surface area contributed by atoms with Crippen molar-refractivity contribution in [3.63, 3.8) is 0 Å². The van der Waals surface area contributed by atoms with Crippen molar-refractivity contribution in [2.45, 2.75) is 58.0 Å². The molecule has 2 aromatic rings. The quantitative estimate of drug-likeness (QED) is 0.681. The van der Waals surface area contributed by atoms with E-state index in [0.29, 0.717) is 0 Å². The lowest BCUT2D eigenvalue weighted by Crippen LogP contribution is -2.01. The zero-order chi connectivity index (χ0) is 14.9. The van der Waals surface area contributed by atoms with E-state index in [0.717, 1.165) is 24.2 Å². The minimum absolute atomic E-state index is 0.443. The van der Waals surface area contributed by atoms with E-state index in [-0.39, 0.29) is 0 Å². The molecule has 1 aromatic carbocycles. The summed E-state index contributed by atoms with van der Waals surface area (Å²) in [6.07, 6.45) is 9.74. The van der Waals surface area contributed by atoms with Gasteiger partial charge in [-0.1, -0.05) is 63.6 Å². The first-order valence-electron chi connectivity index (χ1n) is 8.10. The van der Waals surface area contributed by atoms with Crippen molar-refractivity contribution in [1.29, 1.82) is 0 Å². The highest BCUT2D eigenvalue weighted by molar-refractivity contribution is 5.30. The van der Waals surface area contributed by atoms with Crippen molar-refractivity contribution in [2.24, 2.45) is 0 Å². The molecule has 0 radical (unpaired) electrons. The van der Waals surface area contributed by atoms with Crippen LogP contribution in [0, 0.1) is 0 Å². The summed E-state index contributed by atoms with van der Waals surface area (Å²) in [5, 5.41) is 14.7. The van der Waals surface area contributed by atoms with Crippen molar-refractivity contribution in [3.05, 3.63) is 48.3 Å². The number of aliphatic hydroxyl groups excluding tert-OH is 1. The Balaban J connectivity index is 1.78. The summed E-state index contributed by atoms with van der Waals surface area (Å²) in [6.45, 7) is 2.23. The second-order valence-electron chi connectivity index (χ2n) is 5.59. The number of unbranched alkanes of at least 4 members (excludes halogenated alkanes) is 5. The normalized spacial score (nSPS) is 12.5. The van der Waals surface area contributed by atoms with Crippen molar-refractivity contribution in [3.8, 4) is 5.69 Å². The summed E-state index contributed by atoms with van der Waals surface area (Å²) >= 11 is 0. The van der Waals surface area contributed by atoms with Crippen LogP contribution >= 0.6 is 0 Å². The first-order valence-corrected chi connectivity index (χ1v) is 8.10. The molecule has 21 heavy (non-hydrogen) atoms. The molecule has 0 aliphatic heterocycles. The Hall–Kier alpha value is -1.61. The SMILES string of the molecule is CCCCCCCCC(O)c1ccn(-c2ccccc2)n1. The largest absolute Gasteiger partial charge is 0.387 e. The Morgan fingerprint density at radius 1 is 1.00 bits per heavy atom. The maximum absolute atomic E-state index is 10.2. The molecule has 0 fully saturated rings. The predicted molar refractivity (Wildman–Crippen MR) is 86.5 cm³/mol. The Bertz CT molecular complexity index is 507. The van der Waals surface area contributed by atoms with E-state index in [2.05, 4.69) is 12.0 Å². The van der Waals surface area contributed by atoms with E-state index in [1.54, 1.807) is 0 Å². The van der Waals surface area contributed by atoms with Gasteiger partial charge in [-0.2, -0.15) is 5.10 Å². The van der Waals surface area contributed by atoms with Gasteiger partial charge in [-0.05, 0) is 24.6 Å². The number of benzene rings is 1. The number of aromatic nitrogens is 2. The van der Waals surface area contributed by atoms with Crippen molar-refractivity contribution in [1.82, 2.24) is 9.78 Å². The monoisotopic (exact) mass is 286 g/mol. The zero-order valence-electron chi connectivity index (χ0n) is 12.9. The Kier molecular flexibility index (Phi) is 6.48. The van der Waals surface area contributed by atoms with E-state index in [4.69, 9.17) is 0 Å². The molecule has 1 atom stereocenters. The summed E-state index contributed by atoms with van der Waals surface area (Å²) in [5.74, 6) is 0. The summed E-state index contributed by atoms with van der Waals surface area (Å²) in [4.78, 5) is 0. The first kappa shape index (κ1) is 15.8. The molecule has 0 bridgehead atoms. The number of nitrogens with zero attached hydrogens (tertiary/aromatic N) is 2. The van der Waals surface area contributed by atoms with Crippen molar-refractivity contribution in [2.75, 3.05) is 0 Å². The average molecular weight is 286 g/mol. The lowest BCUT2D eigenvalue weighted by Gasteiger charge is -2.07. The van der Waals surface area contributed by atoms with Gasteiger partial charge in [0, 0.05) is 6.20 Å². The van der Waals surface area contributed by atoms with Gasteiger partial charge in [0.05, 0.1) is 17.5 Å². The third-order valence-electron chi connectivity index (χ3n) is 3.80. The highest BCUT2D eigenvalue weighted by Crippen LogP contribution is 2.19. The van der Waals surface area contributed by atoms with E-state index in [9.17, 15) is 5.11 Å². The fourth-order valence-electron chi connectivity index (χ4n) is 2.51. The Labute approximate surface area is 127 Å². The van der Waals surface area contributed by atoms with Gasteiger partial charge >= 0.3 is 0 Å². The van der Waals surface area contributed by atoms with Gasteiger partial charge in [0.2, 0.25) is 0 Å². The Morgan fingerprint density at radius 2 is 1.71 bits per heavy atom. The van der Waals surface area contributed by atoms with Crippen molar-refractivity contribution >= 4 is 0 Å². The van der Waals surface area contributed by atoms with Crippen molar-refractivity contribution < 1.29 is 5.11 Å². The molecule has 0 saturated heterocycles. The van der Waals surface area contributed by atoms with Crippen LogP contribution in [0.15, 0.2) is 42.6 Å². The van der Waals surface area contributed by atoms with Gasteiger partial charge in [0.1, 0.15) is 0 Å². The van der Waals surface area contributed by atoms with Gasteiger partial charge in [-0.15, -0.1) is 0 Å². The highest BCUT2D eigenvalue weighted by Gasteiger charge is 2.11. The molecule has 114 valence electrons. The molecule has 0 spiro atoms. The summed E-state index contributed by atoms with van der Waals surface area (Å²) < 4.78 is 1.82. The van der Waals surface area contributed by atoms with E-state index >= 15 is 0 Å². The number of hydrogen-bond acceptors (Lipinski definition) is 2. The van der Waals surface area contributed by atoms with Crippen LogP contribution in [-0.2, 0) is 0 Å². The number of para-hydroxylation sites is 1. The van der Waals surface area contributed by atoms with Gasteiger partial charge in [-0.25, -0.2) is 4.68 Å². The lowest BCUT2D eigenvalue weighted by atomic mass is 10.1. The van der Waals surface area contributed by atoms with E-state index < -0.39 is 6.10 Å². The smallest absolute Gasteiger partial charge is 0.0978 e. The maximum atomic E-state index is 10.2. The topological polar surface area (TPSA) is 38.0 Å². The standard InChI is InChI=1S/C18H26N2O/c1-2-3-4-5-6-10-13-18(21)17-14-15-20(19-17)16-11-8-7-9-12-16/h7-9,11-12,14-15,18,21H,2-6,10,13H2,1H3. The van der Waals surface area contributed by atoms with Crippen LogP contribution < -0.4 is 0 Å². The minimum atomic E-state index is -0.443. The van der Waals surface area contributed by atoms with Gasteiger partial charge in [0.25, 0.3) is 0 Å². The predicted octanol–water partition coefficient (Wildman–Crippen LogP) is 4.66. The van der Waals surface area contributed by atoms with E-state index in [1.165, 1.54) is 32.1 Å². The first-order chi connectivity index (χ1) is 10.3. The minimum Gasteiger partial charge on any atom is -0.387 e. The molecule has 3 nitrogen and oxygen atoms in total. The van der Waals surface area contributed by atoms with Crippen LogP contribution in [0.25, 0.3) is 5.69 Å². The molecule has 3 heteroatoms. The van der Waals surface area contributed by atoms with Gasteiger partial charge in [0.15, 0.2) is 0 Å². The molecule has 0 aliphatic carbocycles. The fourth-order valence-corrected chi connectivity index (χ4v) is 2.51. The molecule has 0 amide bonds. The molecule has 1 unspecified atom stereocenters. The second-order valence-corrected chi connectivity index (χ2v) is 5.59. The third kappa shape index (κ3) is 5.01. The molecule has 0 saturated carbocycles. The summed E-state index contributed by atoms with van der Waals surface area (Å²) in [6, 6.07) is 11.9. The maximum Gasteiger partial charge on any atom is 0.0978 e. The number of rotatable bonds is 9. The molecular weight excluding hydrogens is 260 g/mol. The van der Waals surface area contributed by atoms with Crippen LogP contribution in [0.4, 0.5) is 0 Å². The van der Waals surface area contributed by atoms with Crippen LogP contribution in [0.3, 0.4) is 0 Å². The third-order valence-corrected chi connectivity index (χ3v) is 3.80. The van der Waals surface area contributed by atoms with Crippen LogP contribution in [0.1, 0.15) is 63.7 Å². The lowest BCUT2D eigenvalue weighted by molar-refractivity contribution is 0.158. The van der Waals surface area contributed by atoms with Crippen LogP contribution in [0.5, 0.6) is 0 Å². The molecule has 1 heterocycles. The Morgan fingerprint density at radius 3 is 2.48 bits per heavy atom. The second kappa shape index (κ2) is 8.63. The molecule has 0 aliphatic rings. The van der Waals surface area contributed by atoms with Crippen LogP contribution in [0.2, 0.25) is 0 Å². The molecule has 1 N–H and O–H groups in total. The summed E-state index contributed by atoms with van der Waals surface area (Å²) in [5.41, 5.74) is 1.79. The fraction of sp³-hybridized carbons (Fsp3) is 0.500. The zero-order valence-corrected chi connectivity index (χ0v) is 12.9. The van der Waals surface area contributed by atoms with Gasteiger partial charge in [-0.3, -0.25) is 0 Å². The molecule has 1 aromatic heterocycles. The number of hydrogen-bond donors (Lipinski definition) is 1. The molecular formula is C18H26N2O. The highest BCUT2D eigenvalue weighted by atomic mass is 16.3. The molecule has 2 rings (SSSR count). The summed E-state index contributed by atoms with van der Waals surface area (Å²) in [7, 11) is 0. The van der Waals surface area contributed by atoms with Gasteiger partial charge < -0.3 is 5.11 Å². The average Bonchev–Trinajstić information content (AvgIpc) is 3.01. The van der Waals surface area contributed by atoms with E-state index in [1.807, 2.05) is 47.3 Å². The van der Waals surface area contributed by atoms with Crippen LogP contribution in [-0.4, -0.2) is 14.9 Å².